The van der Waals surface area contributed by atoms with Gasteiger partial charge in [-0.25, -0.2) is 4.39 Å². The Hall–Kier alpha value is -2.11. The maximum atomic E-state index is 14.1. The number of ether oxygens (including phenoxy) is 3. The smallest absolute Gasteiger partial charge is 0.130 e. The molecule has 0 spiro atoms. The molecule has 0 aromatic heterocycles. The highest BCUT2D eigenvalue weighted by Crippen LogP contribution is 2.38. The molecule has 5 heteroatoms. The van der Waals surface area contributed by atoms with Crippen LogP contribution in [0.2, 0.25) is 0 Å². The first kappa shape index (κ1) is 22.7. The minimum absolute atomic E-state index is 0.195. The largest absolute Gasteiger partial charge is 0.490 e. The Morgan fingerprint density at radius 1 is 0.939 bits per heavy atom. The Morgan fingerprint density at radius 3 is 2.58 bits per heavy atom. The van der Waals surface area contributed by atoms with Gasteiger partial charge in [0.25, 0.3) is 0 Å². The van der Waals surface area contributed by atoms with Gasteiger partial charge in [0.2, 0.25) is 0 Å². The standard InChI is InChI=1S/C28H36FNO3/c29-26-4-2-1-3-25(26)28-11-5-21-19-24(10-12-27(21)33-28)32-23-8-6-22(7-9-23)30-16-13-20-14-17-31-18-15-20/h1-4,10,12,19-20,22-23,28,30H,5-9,11,13-18H2. The van der Waals surface area contributed by atoms with Crippen LogP contribution < -0.4 is 14.8 Å². The van der Waals surface area contributed by atoms with Gasteiger partial charge in [0, 0.05) is 24.8 Å². The molecule has 0 bridgehead atoms. The minimum Gasteiger partial charge on any atom is -0.490 e. The lowest BCUT2D eigenvalue weighted by Gasteiger charge is -2.31. The Labute approximate surface area is 196 Å². The maximum Gasteiger partial charge on any atom is 0.130 e. The first-order valence-corrected chi connectivity index (χ1v) is 12.8. The molecule has 1 unspecified atom stereocenters. The van der Waals surface area contributed by atoms with Crippen molar-refractivity contribution in [3.63, 3.8) is 0 Å². The fourth-order valence-corrected chi connectivity index (χ4v) is 5.50. The van der Waals surface area contributed by atoms with Crippen LogP contribution in [0, 0.1) is 11.7 Å². The van der Waals surface area contributed by atoms with E-state index in [-0.39, 0.29) is 18.0 Å². The van der Waals surface area contributed by atoms with Crippen LogP contribution in [-0.2, 0) is 11.2 Å². The van der Waals surface area contributed by atoms with Crippen LogP contribution in [-0.4, -0.2) is 31.9 Å². The van der Waals surface area contributed by atoms with Gasteiger partial charge in [0.15, 0.2) is 0 Å². The van der Waals surface area contributed by atoms with E-state index in [4.69, 9.17) is 14.2 Å². The van der Waals surface area contributed by atoms with Gasteiger partial charge in [-0.1, -0.05) is 18.2 Å². The first-order valence-electron chi connectivity index (χ1n) is 12.8. The summed E-state index contributed by atoms with van der Waals surface area (Å²) >= 11 is 0. The molecule has 1 saturated carbocycles. The van der Waals surface area contributed by atoms with E-state index in [2.05, 4.69) is 11.4 Å². The van der Waals surface area contributed by atoms with Crippen LogP contribution in [0.4, 0.5) is 4.39 Å². The summed E-state index contributed by atoms with van der Waals surface area (Å²) in [7, 11) is 0. The van der Waals surface area contributed by atoms with Crippen LogP contribution in [0.25, 0.3) is 0 Å². The Bertz CT molecular complexity index is 906. The number of benzene rings is 2. The lowest BCUT2D eigenvalue weighted by molar-refractivity contribution is 0.0633. The van der Waals surface area contributed by atoms with Gasteiger partial charge < -0.3 is 19.5 Å². The van der Waals surface area contributed by atoms with Crippen LogP contribution in [0.3, 0.4) is 0 Å². The zero-order chi connectivity index (χ0) is 22.5. The molecule has 2 aromatic carbocycles. The quantitative estimate of drug-likeness (QED) is 0.559. The second-order valence-electron chi connectivity index (χ2n) is 9.83. The molecular formula is C28H36FNO3. The van der Waals surface area contributed by atoms with E-state index in [0.29, 0.717) is 11.6 Å². The summed E-state index contributed by atoms with van der Waals surface area (Å²) in [4.78, 5) is 0. The molecule has 2 fully saturated rings. The van der Waals surface area contributed by atoms with Gasteiger partial charge >= 0.3 is 0 Å². The normalized spacial score (nSPS) is 25.8. The molecule has 1 aliphatic carbocycles. The summed E-state index contributed by atoms with van der Waals surface area (Å²) in [6, 6.07) is 13.6. The van der Waals surface area contributed by atoms with Crippen molar-refractivity contribution >= 4 is 0 Å². The molecule has 1 atom stereocenters. The van der Waals surface area contributed by atoms with Crippen molar-refractivity contribution in [1.82, 2.24) is 5.32 Å². The molecular weight excluding hydrogens is 417 g/mol. The molecule has 33 heavy (non-hydrogen) atoms. The third-order valence-electron chi connectivity index (χ3n) is 7.53. The van der Waals surface area contributed by atoms with E-state index in [1.807, 2.05) is 24.3 Å². The number of hydrogen-bond acceptors (Lipinski definition) is 4. The number of fused-ring (bicyclic) bond motifs is 1. The third kappa shape index (κ3) is 5.88. The maximum absolute atomic E-state index is 14.1. The average molecular weight is 454 g/mol. The zero-order valence-electron chi connectivity index (χ0n) is 19.4. The Kier molecular flexibility index (Phi) is 7.47. The molecule has 5 rings (SSSR count). The van der Waals surface area contributed by atoms with Gasteiger partial charge in [-0.05, 0) is 100 Å². The number of halogens is 1. The molecule has 1 N–H and O–H groups in total. The molecule has 0 radical (unpaired) electrons. The number of hydrogen-bond donors (Lipinski definition) is 1. The van der Waals surface area contributed by atoms with Crippen molar-refractivity contribution in [2.24, 2.45) is 5.92 Å². The third-order valence-corrected chi connectivity index (χ3v) is 7.53. The average Bonchev–Trinajstić information content (AvgIpc) is 2.86. The first-order chi connectivity index (χ1) is 16.2. The summed E-state index contributed by atoms with van der Waals surface area (Å²) in [5, 5.41) is 3.78. The van der Waals surface area contributed by atoms with Gasteiger partial charge in [0.05, 0.1) is 6.10 Å². The molecule has 1 saturated heterocycles. The minimum atomic E-state index is -0.223. The monoisotopic (exact) mass is 453 g/mol. The summed E-state index contributed by atoms with van der Waals surface area (Å²) in [6.07, 6.45) is 9.97. The van der Waals surface area contributed by atoms with Crippen LogP contribution in [0.5, 0.6) is 11.5 Å². The van der Waals surface area contributed by atoms with E-state index >= 15 is 0 Å². The second-order valence-corrected chi connectivity index (χ2v) is 9.83. The molecule has 2 aliphatic heterocycles. The number of nitrogens with one attached hydrogen (secondary N) is 1. The molecule has 0 amide bonds. The van der Waals surface area contributed by atoms with Crippen LogP contribution in [0.15, 0.2) is 42.5 Å². The topological polar surface area (TPSA) is 39.7 Å². The lowest BCUT2D eigenvalue weighted by atomic mass is 9.92. The van der Waals surface area contributed by atoms with E-state index in [0.717, 1.165) is 68.4 Å². The van der Waals surface area contributed by atoms with E-state index in [9.17, 15) is 4.39 Å². The highest BCUT2D eigenvalue weighted by Gasteiger charge is 2.26. The molecule has 4 nitrogen and oxygen atoms in total. The fourth-order valence-electron chi connectivity index (χ4n) is 5.50. The number of aryl methyl sites for hydroxylation is 1. The summed E-state index contributed by atoms with van der Waals surface area (Å²) in [5.74, 6) is 2.41. The summed E-state index contributed by atoms with van der Waals surface area (Å²) in [5.41, 5.74) is 1.80. The Morgan fingerprint density at radius 2 is 1.76 bits per heavy atom. The lowest BCUT2D eigenvalue weighted by Crippen LogP contribution is -2.37. The predicted molar refractivity (Wildman–Crippen MR) is 127 cm³/mol. The van der Waals surface area contributed by atoms with Crippen molar-refractivity contribution in [3.8, 4) is 11.5 Å². The molecule has 2 heterocycles. The van der Waals surface area contributed by atoms with Gasteiger partial charge in [-0.3, -0.25) is 0 Å². The van der Waals surface area contributed by atoms with Gasteiger partial charge in [0.1, 0.15) is 23.4 Å². The summed E-state index contributed by atoms with van der Waals surface area (Å²) < 4.78 is 32.1. The van der Waals surface area contributed by atoms with Crippen molar-refractivity contribution in [3.05, 3.63) is 59.4 Å². The van der Waals surface area contributed by atoms with E-state index in [1.165, 1.54) is 38.2 Å². The summed E-state index contributed by atoms with van der Waals surface area (Å²) in [6.45, 7) is 3.00. The molecule has 3 aliphatic rings. The van der Waals surface area contributed by atoms with Gasteiger partial charge in [-0.15, -0.1) is 0 Å². The highest BCUT2D eigenvalue weighted by molar-refractivity contribution is 5.42. The highest BCUT2D eigenvalue weighted by atomic mass is 19.1. The van der Waals surface area contributed by atoms with Crippen molar-refractivity contribution < 1.29 is 18.6 Å². The molecule has 2 aromatic rings. The van der Waals surface area contributed by atoms with Crippen LogP contribution in [0.1, 0.15) is 68.6 Å². The van der Waals surface area contributed by atoms with E-state index in [1.54, 1.807) is 6.07 Å². The predicted octanol–water partition coefficient (Wildman–Crippen LogP) is 5.99. The van der Waals surface area contributed by atoms with Crippen molar-refractivity contribution in [2.75, 3.05) is 19.8 Å². The fraction of sp³-hybridized carbons (Fsp3) is 0.571. The zero-order valence-corrected chi connectivity index (χ0v) is 19.4. The van der Waals surface area contributed by atoms with Crippen molar-refractivity contribution in [1.29, 1.82) is 0 Å². The van der Waals surface area contributed by atoms with E-state index < -0.39 is 0 Å². The second kappa shape index (κ2) is 10.9. The molecule has 178 valence electrons. The van der Waals surface area contributed by atoms with Crippen molar-refractivity contribution in [2.45, 2.75) is 76.0 Å². The SMILES string of the molecule is Fc1ccccc1C1CCc2cc(OC3CCC(NCCC4CCOCC4)CC3)ccc2O1. The Balaban J connectivity index is 1.07. The number of rotatable bonds is 7. The van der Waals surface area contributed by atoms with Crippen LogP contribution >= 0.6 is 0 Å². The van der Waals surface area contributed by atoms with Gasteiger partial charge in [-0.2, -0.15) is 0 Å².